The van der Waals surface area contributed by atoms with Crippen LogP contribution >= 0.6 is 0 Å². The Morgan fingerprint density at radius 3 is 2.94 bits per heavy atom. The van der Waals surface area contributed by atoms with Gasteiger partial charge in [0.1, 0.15) is 12.4 Å². The lowest BCUT2D eigenvalue weighted by molar-refractivity contribution is -0.387. The zero-order valence-corrected chi connectivity index (χ0v) is 8.95. The number of hydrogen-bond donors (Lipinski definition) is 0. The van der Waals surface area contributed by atoms with Crippen molar-refractivity contribution in [2.24, 2.45) is 0 Å². The lowest BCUT2D eigenvalue weighted by Gasteiger charge is -2.02. The molecule has 0 saturated heterocycles. The van der Waals surface area contributed by atoms with Gasteiger partial charge in [-0.1, -0.05) is 12.1 Å². The first-order valence-corrected chi connectivity index (χ1v) is 4.83. The molecule has 1 heterocycles. The van der Waals surface area contributed by atoms with Crippen LogP contribution in [-0.2, 0) is 6.54 Å². The van der Waals surface area contributed by atoms with E-state index in [4.69, 9.17) is 5.26 Å². The van der Waals surface area contributed by atoms with Gasteiger partial charge in [-0.3, -0.25) is 10.1 Å². The Hall–Kier alpha value is -2.82. The maximum Gasteiger partial charge on any atom is 0.305 e. The summed E-state index contributed by atoms with van der Waals surface area (Å²) >= 11 is 0. The molecule has 0 saturated carbocycles. The lowest BCUT2D eigenvalue weighted by atomic mass is 10.2. The molecule has 0 aliphatic rings. The summed E-state index contributed by atoms with van der Waals surface area (Å²) in [5.74, 6) is -0.947. The second-order valence-corrected chi connectivity index (χ2v) is 3.38. The number of hydrogen-bond acceptors (Lipinski definition) is 5. The van der Waals surface area contributed by atoms with E-state index in [1.165, 1.54) is 23.1 Å². The van der Waals surface area contributed by atoms with Crippen LogP contribution in [0.2, 0.25) is 0 Å². The Morgan fingerprint density at radius 1 is 1.56 bits per heavy atom. The molecule has 0 bridgehead atoms. The van der Waals surface area contributed by atoms with Gasteiger partial charge in [-0.2, -0.15) is 9.65 Å². The maximum absolute atomic E-state index is 13.7. The third-order valence-corrected chi connectivity index (χ3v) is 2.22. The normalized spacial score (nSPS) is 10.0. The van der Waals surface area contributed by atoms with E-state index in [0.29, 0.717) is 0 Å². The fraction of sp³-hybridized carbons (Fsp3) is 0.100. The molecule has 0 radical (unpaired) electrons. The van der Waals surface area contributed by atoms with Gasteiger partial charge in [0.15, 0.2) is 0 Å². The molecule has 8 heteroatoms. The van der Waals surface area contributed by atoms with E-state index in [1.807, 2.05) is 0 Å². The van der Waals surface area contributed by atoms with Crippen molar-refractivity contribution >= 4 is 5.69 Å². The van der Waals surface area contributed by atoms with Crippen LogP contribution in [0.4, 0.5) is 10.1 Å². The Morgan fingerprint density at radius 2 is 2.33 bits per heavy atom. The standard InChI is InChI=1S/C10H6FN5O2/c11-10-7(2-1-3-8(10)16(17)18)5-15-6-13-9(4-12)14-15/h1-3,6H,5H2. The number of nitro groups is 1. The monoisotopic (exact) mass is 247 g/mol. The first-order valence-electron chi connectivity index (χ1n) is 4.83. The number of rotatable bonds is 3. The summed E-state index contributed by atoms with van der Waals surface area (Å²) in [5.41, 5.74) is -0.480. The Bertz CT molecular complexity index is 646. The molecule has 0 aliphatic carbocycles. The average molecular weight is 247 g/mol. The van der Waals surface area contributed by atoms with E-state index in [-0.39, 0.29) is 17.9 Å². The summed E-state index contributed by atoms with van der Waals surface area (Å²) in [6.45, 7) is -0.0256. The third kappa shape index (κ3) is 2.15. The molecule has 0 aliphatic heterocycles. The largest absolute Gasteiger partial charge is 0.305 e. The minimum atomic E-state index is -0.906. The first kappa shape index (κ1) is 11.7. The molecule has 1 aromatic heterocycles. The van der Waals surface area contributed by atoms with Crippen molar-refractivity contribution in [3.8, 4) is 6.07 Å². The summed E-state index contributed by atoms with van der Waals surface area (Å²) in [6, 6.07) is 5.62. The van der Waals surface area contributed by atoms with Crippen LogP contribution in [0.1, 0.15) is 11.4 Å². The van der Waals surface area contributed by atoms with Crippen molar-refractivity contribution in [3.05, 3.63) is 51.8 Å². The van der Waals surface area contributed by atoms with Gasteiger partial charge < -0.3 is 0 Å². The van der Waals surface area contributed by atoms with Crippen molar-refractivity contribution in [3.63, 3.8) is 0 Å². The number of halogens is 1. The van der Waals surface area contributed by atoms with Gasteiger partial charge >= 0.3 is 5.69 Å². The summed E-state index contributed by atoms with van der Waals surface area (Å²) in [5, 5.41) is 22.8. The Labute approximate surface area is 100 Å². The number of benzene rings is 1. The molecule has 0 amide bonds. The summed E-state index contributed by atoms with van der Waals surface area (Å²) in [7, 11) is 0. The van der Waals surface area contributed by atoms with E-state index < -0.39 is 16.4 Å². The second kappa shape index (κ2) is 4.58. The molecule has 0 atom stereocenters. The molecule has 2 aromatic rings. The molecule has 7 nitrogen and oxygen atoms in total. The van der Waals surface area contributed by atoms with Crippen molar-refractivity contribution < 1.29 is 9.31 Å². The molecule has 0 fully saturated rings. The molecule has 2 rings (SSSR count). The molecule has 0 N–H and O–H groups in total. The third-order valence-electron chi connectivity index (χ3n) is 2.22. The van der Waals surface area contributed by atoms with Crippen LogP contribution in [0.25, 0.3) is 0 Å². The molecule has 0 unspecified atom stereocenters. The lowest BCUT2D eigenvalue weighted by Crippen LogP contribution is -2.04. The van der Waals surface area contributed by atoms with Gasteiger partial charge in [0.25, 0.3) is 5.82 Å². The minimum absolute atomic E-state index is 0.0256. The molecular weight excluding hydrogens is 241 g/mol. The van der Waals surface area contributed by atoms with Crippen LogP contribution < -0.4 is 0 Å². The van der Waals surface area contributed by atoms with Gasteiger partial charge in [-0.15, -0.1) is 5.10 Å². The fourth-order valence-electron chi connectivity index (χ4n) is 1.43. The van der Waals surface area contributed by atoms with Crippen LogP contribution in [0.5, 0.6) is 0 Å². The average Bonchev–Trinajstić information content (AvgIpc) is 2.79. The number of nitro benzene ring substituents is 1. The highest BCUT2D eigenvalue weighted by atomic mass is 19.1. The first-order chi connectivity index (χ1) is 8.61. The summed E-state index contributed by atoms with van der Waals surface area (Å²) in [6.07, 6.45) is 1.26. The predicted octanol–water partition coefficient (Wildman–Crippen LogP) is 1.25. The smallest absolute Gasteiger partial charge is 0.258 e. The van der Waals surface area contributed by atoms with Crippen molar-refractivity contribution in [1.82, 2.24) is 14.8 Å². The highest BCUT2D eigenvalue weighted by Crippen LogP contribution is 2.20. The topological polar surface area (TPSA) is 97.6 Å². The SMILES string of the molecule is N#Cc1ncn(Cc2cccc([N+](=O)[O-])c2F)n1. The number of aromatic nitrogens is 3. The van der Waals surface area contributed by atoms with Crippen molar-refractivity contribution in [2.45, 2.75) is 6.54 Å². The Kier molecular flexibility index (Phi) is 2.97. The zero-order chi connectivity index (χ0) is 13.1. The van der Waals surface area contributed by atoms with Crippen molar-refractivity contribution in [2.75, 3.05) is 0 Å². The number of nitrogens with zero attached hydrogens (tertiary/aromatic N) is 5. The van der Waals surface area contributed by atoms with Crippen LogP contribution in [0, 0.1) is 27.3 Å². The highest BCUT2D eigenvalue weighted by Gasteiger charge is 2.17. The quantitative estimate of drug-likeness (QED) is 0.600. The van der Waals surface area contributed by atoms with Crippen LogP contribution in [0.3, 0.4) is 0 Å². The maximum atomic E-state index is 13.7. The van der Waals surface area contributed by atoms with E-state index in [2.05, 4.69) is 10.1 Å². The van der Waals surface area contributed by atoms with Crippen molar-refractivity contribution in [1.29, 1.82) is 5.26 Å². The molecular formula is C10H6FN5O2. The minimum Gasteiger partial charge on any atom is -0.258 e. The van der Waals surface area contributed by atoms with Gasteiger partial charge in [0.05, 0.1) is 11.5 Å². The van der Waals surface area contributed by atoms with E-state index in [9.17, 15) is 14.5 Å². The molecule has 18 heavy (non-hydrogen) atoms. The Balaban J connectivity index is 2.32. The zero-order valence-electron chi connectivity index (χ0n) is 8.95. The summed E-state index contributed by atoms with van der Waals surface area (Å²) in [4.78, 5) is 13.4. The van der Waals surface area contributed by atoms with Gasteiger partial charge in [-0.05, 0) is 0 Å². The van der Waals surface area contributed by atoms with E-state index >= 15 is 0 Å². The van der Waals surface area contributed by atoms with E-state index in [1.54, 1.807) is 6.07 Å². The molecule has 1 aromatic carbocycles. The van der Waals surface area contributed by atoms with Gasteiger partial charge in [0, 0.05) is 11.6 Å². The predicted molar refractivity (Wildman–Crippen MR) is 56.9 cm³/mol. The molecule has 0 spiro atoms. The van der Waals surface area contributed by atoms with Gasteiger partial charge in [0.2, 0.25) is 5.82 Å². The fourth-order valence-corrected chi connectivity index (χ4v) is 1.43. The highest BCUT2D eigenvalue weighted by molar-refractivity contribution is 5.36. The number of nitriles is 1. The van der Waals surface area contributed by atoms with E-state index in [0.717, 1.165) is 6.07 Å². The second-order valence-electron chi connectivity index (χ2n) is 3.38. The van der Waals surface area contributed by atoms with Gasteiger partial charge in [-0.25, -0.2) is 9.67 Å². The van der Waals surface area contributed by atoms with Crippen LogP contribution in [-0.4, -0.2) is 19.7 Å². The summed E-state index contributed by atoms with van der Waals surface area (Å²) < 4.78 is 15.0. The molecule has 90 valence electrons. The van der Waals surface area contributed by atoms with Crippen LogP contribution in [0.15, 0.2) is 24.5 Å².